The number of aliphatic hydroxyl groups excluding tert-OH is 1. The number of aliphatic hydroxyl groups is 1. The van der Waals surface area contributed by atoms with Gasteiger partial charge in [-0.1, -0.05) is 26.0 Å². The summed E-state index contributed by atoms with van der Waals surface area (Å²) >= 11 is 0. The molecule has 0 aliphatic carbocycles. The quantitative estimate of drug-likeness (QED) is 0.811. The molecule has 1 amide bonds. The number of hydrogen-bond donors (Lipinski definition) is 1. The van der Waals surface area contributed by atoms with E-state index in [2.05, 4.69) is 18.8 Å². The van der Waals surface area contributed by atoms with Crippen LogP contribution in [0, 0.1) is 0 Å². The molecule has 2 heterocycles. The van der Waals surface area contributed by atoms with Gasteiger partial charge in [0, 0.05) is 19.2 Å². The molecule has 0 bridgehead atoms. The van der Waals surface area contributed by atoms with E-state index in [9.17, 15) is 4.79 Å². The van der Waals surface area contributed by atoms with E-state index in [1.54, 1.807) is 41.6 Å². The summed E-state index contributed by atoms with van der Waals surface area (Å²) in [5.74, 6) is 1.71. The summed E-state index contributed by atoms with van der Waals surface area (Å²) in [6.45, 7) is 5.44. The Balaban J connectivity index is 1.50. The predicted molar refractivity (Wildman–Crippen MR) is 102 cm³/mol. The van der Waals surface area contributed by atoms with Crippen LogP contribution in [-0.2, 0) is 11.4 Å². The van der Waals surface area contributed by atoms with Crippen molar-refractivity contribution in [1.29, 1.82) is 0 Å². The third kappa shape index (κ3) is 4.98. The Morgan fingerprint density at radius 2 is 2.07 bits per heavy atom. The van der Waals surface area contributed by atoms with Gasteiger partial charge in [0.1, 0.15) is 17.6 Å². The zero-order valence-corrected chi connectivity index (χ0v) is 15.8. The molecule has 2 aromatic rings. The standard InChI is InChI=1S/C21H26N2O4/c1-15(2)19-7-9-22-11-20(19)27-18-8-10-23(12-18)21(25)14-26-17-5-3-16(13-24)4-6-17/h3-7,9,11,15,18,24H,8,10,12-14H2,1-2H3. The second kappa shape index (κ2) is 8.86. The summed E-state index contributed by atoms with van der Waals surface area (Å²) in [7, 11) is 0. The van der Waals surface area contributed by atoms with Gasteiger partial charge in [-0.2, -0.15) is 0 Å². The Morgan fingerprint density at radius 3 is 2.78 bits per heavy atom. The maximum atomic E-state index is 12.4. The molecule has 1 aliphatic heterocycles. The van der Waals surface area contributed by atoms with Gasteiger partial charge in [0.15, 0.2) is 6.61 Å². The van der Waals surface area contributed by atoms with E-state index < -0.39 is 0 Å². The van der Waals surface area contributed by atoms with Gasteiger partial charge in [0.2, 0.25) is 0 Å². The third-order valence-electron chi connectivity index (χ3n) is 4.70. The van der Waals surface area contributed by atoms with E-state index in [1.807, 2.05) is 6.07 Å². The minimum absolute atomic E-state index is 0.00463. The fourth-order valence-corrected chi connectivity index (χ4v) is 3.12. The average molecular weight is 370 g/mol. The number of pyridine rings is 1. The van der Waals surface area contributed by atoms with Crippen LogP contribution in [0.4, 0.5) is 0 Å². The number of likely N-dealkylation sites (tertiary alicyclic amines) is 1. The topological polar surface area (TPSA) is 71.9 Å². The van der Waals surface area contributed by atoms with Crippen LogP contribution in [0.2, 0.25) is 0 Å². The van der Waals surface area contributed by atoms with Crippen LogP contribution >= 0.6 is 0 Å². The molecule has 1 saturated heterocycles. The van der Waals surface area contributed by atoms with Gasteiger partial charge in [0.25, 0.3) is 5.91 Å². The number of carbonyl (C=O) groups excluding carboxylic acids is 1. The first-order valence-electron chi connectivity index (χ1n) is 9.27. The number of ether oxygens (including phenoxy) is 2. The maximum absolute atomic E-state index is 12.4. The molecule has 1 unspecified atom stereocenters. The third-order valence-corrected chi connectivity index (χ3v) is 4.70. The number of carbonyl (C=O) groups is 1. The van der Waals surface area contributed by atoms with Crippen LogP contribution in [0.1, 0.15) is 37.3 Å². The summed E-state index contributed by atoms with van der Waals surface area (Å²) in [5, 5.41) is 9.05. The summed E-state index contributed by atoms with van der Waals surface area (Å²) in [4.78, 5) is 18.3. The zero-order valence-electron chi connectivity index (χ0n) is 15.8. The van der Waals surface area contributed by atoms with Gasteiger partial charge >= 0.3 is 0 Å². The van der Waals surface area contributed by atoms with Crippen LogP contribution in [0.5, 0.6) is 11.5 Å². The molecule has 1 atom stereocenters. The van der Waals surface area contributed by atoms with Gasteiger partial charge < -0.3 is 19.5 Å². The highest BCUT2D eigenvalue weighted by molar-refractivity contribution is 5.78. The first-order valence-corrected chi connectivity index (χ1v) is 9.27. The van der Waals surface area contributed by atoms with Gasteiger partial charge in [-0.3, -0.25) is 9.78 Å². The number of rotatable bonds is 7. The monoisotopic (exact) mass is 370 g/mol. The van der Waals surface area contributed by atoms with E-state index in [4.69, 9.17) is 14.6 Å². The largest absolute Gasteiger partial charge is 0.487 e. The van der Waals surface area contributed by atoms with Crippen molar-refractivity contribution in [3.05, 3.63) is 53.9 Å². The highest BCUT2D eigenvalue weighted by Crippen LogP contribution is 2.27. The van der Waals surface area contributed by atoms with Crippen LogP contribution in [0.3, 0.4) is 0 Å². The summed E-state index contributed by atoms with van der Waals surface area (Å²) in [6, 6.07) is 9.04. The van der Waals surface area contributed by atoms with Crippen LogP contribution in [-0.4, -0.2) is 46.7 Å². The summed E-state index contributed by atoms with van der Waals surface area (Å²) in [6.07, 6.45) is 4.29. The lowest BCUT2D eigenvalue weighted by atomic mass is 10.0. The van der Waals surface area contributed by atoms with E-state index in [0.29, 0.717) is 24.8 Å². The minimum Gasteiger partial charge on any atom is -0.487 e. The molecule has 1 N–H and O–H groups in total. The Bertz CT molecular complexity index is 761. The van der Waals surface area contributed by atoms with Crippen LogP contribution in [0.15, 0.2) is 42.7 Å². The Kier molecular flexibility index (Phi) is 6.29. The molecule has 0 spiro atoms. The zero-order chi connectivity index (χ0) is 19.2. The van der Waals surface area contributed by atoms with E-state index in [1.165, 1.54) is 0 Å². The van der Waals surface area contributed by atoms with Gasteiger partial charge in [-0.15, -0.1) is 0 Å². The first kappa shape index (κ1) is 19.2. The minimum atomic E-state index is -0.0531. The summed E-state index contributed by atoms with van der Waals surface area (Å²) in [5.41, 5.74) is 1.94. The molecule has 0 radical (unpaired) electrons. The van der Waals surface area contributed by atoms with Crippen molar-refractivity contribution in [2.45, 2.75) is 38.9 Å². The molecule has 0 saturated carbocycles. The van der Waals surface area contributed by atoms with Gasteiger partial charge in [-0.25, -0.2) is 0 Å². The number of hydrogen-bond acceptors (Lipinski definition) is 5. The molecule has 1 aliphatic rings. The molecule has 144 valence electrons. The van der Waals surface area contributed by atoms with Crippen molar-refractivity contribution in [3.8, 4) is 11.5 Å². The second-order valence-corrected chi connectivity index (χ2v) is 7.03. The second-order valence-electron chi connectivity index (χ2n) is 7.03. The van der Waals surface area contributed by atoms with Crippen LogP contribution in [0.25, 0.3) is 0 Å². The highest BCUT2D eigenvalue weighted by Gasteiger charge is 2.28. The van der Waals surface area contributed by atoms with Crippen LogP contribution < -0.4 is 9.47 Å². The fourth-order valence-electron chi connectivity index (χ4n) is 3.12. The smallest absolute Gasteiger partial charge is 0.260 e. The van der Waals surface area contributed by atoms with Gasteiger partial charge in [0.05, 0.1) is 19.3 Å². The number of benzene rings is 1. The van der Waals surface area contributed by atoms with Crippen molar-refractivity contribution < 1.29 is 19.4 Å². The highest BCUT2D eigenvalue weighted by atomic mass is 16.5. The maximum Gasteiger partial charge on any atom is 0.260 e. The van der Waals surface area contributed by atoms with Crippen molar-refractivity contribution >= 4 is 5.91 Å². The lowest BCUT2D eigenvalue weighted by molar-refractivity contribution is -0.132. The number of nitrogens with zero attached hydrogens (tertiary/aromatic N) is 2. The number of aromatic nitrogens is 1. The molecule has 1 aromatic carbocycles. The Hall–Kier alpha value is -2.60. The molecular weight excluding hydrogens is 344 g/mol. The fraction of sp³-hybridized carbons (Fsp3) is 0.429. The first-order chi connectivity index (χ1) is 13.1. The summed E-state index contributed by atoms with van der Waals surface area (Å²) < 4.78 is 11.7. The predicted octanol–water partition coefficient (Wildman–Crippen LogP) is 2.76. The van der Waals surface area contributed by atoms with Gasteiger partial charge in [-0.05, 0) is 35.2 Å². The van der Waals surface area contributed by atoms with Crippen molar-refractivity contribution in [1.82, 2.24) is 9.88 Å². The average Bonchev–Trinajstić information content (AvgIpc) is 3.15. The molecule has 1 aromatic heterocycles. The molecule has 6 nitrogen and oxygen atoms in total. The lowest BCUT2D eigenvalue weighted by Crippen LogP contribution is -2.34. The Labute approximate surface area is 159 Å². The molecule has 6 heteroatoms. The SMILES string of the molecule is CC(C)c1ccncc1OC1CCN(C(=O)COc2ccc(CO)cc2)C1. The van der Waals surface area contributed by atoms with Crippen molar-refractivity contribution in [3.63, 3.8) is 0 Å². The van der Waals surface area contributed by atoms with E-state index >= 15 is 0 Å². The molecule has 3 rings (SSSR count). The molecule has 27 heavy (non-hydrogen) atoms. The Morgan fingerprint density at radius 1 is 1.30 bits per heavy atom. The normalized spacial score (nSPS) is 16.6. The lowest BCUT2D eigenvalue weighted by Gasteiger charge is -2.19. The van der Waals surface area contributed by atoms with E-state index in [-0.39, 0.29) is 25.2 Å². The van der Waals surface area contributed by atoms with Crippen molar-refractivity contribution in [2.75, 3.05) is 19.7 Å². The molecular formula is C21H26N2O4. The molecule has 1 fully saturated rings. The number of amides is 1. The van der Waals surface area contributed by atoms with Crippen molar-refractivity contribution in [2.24, 2.45) is 0 Å². The van der Waals surface area contributed by atoms with E-state index in [0.717, 1.165) is 23.3 Å².